The maximum Gasteiger partial charge on any atom is 0.251 e. The lowest BCUT2D eigenvalue weighted by atomic mass is 10.1. The number of hydrogen-bond acceptors (Lipinski definition) is 3. The Morgan fingerprint density at radius 3 is 2.61 bits per heavy atom. The SMILES string of the molecule is Nc1cc(Br)cc(C(=O)NCCCCCCO)c1. The van der Waals surface area contributed by atoms with Crippen LogP contribution in [0.3, 0.4) is 0 Å². The molecule has 0 aromatic heterocycles. The molecule has 4 N–H and O–H groups in total. The van der Waals surface area contributed by atoms with E-state index < -0.39 is 0 Å². The molecule has 0 bridgehead atoms. The summed E-state index contributed by atoms with van der Waals surface area (Å²) < 4.78 is 0.801. The lowest BCUT2D eigenvalue weighted by Gasteiger charge is -2.06. The van der Waals surface area contributed by atoms with E-state index in [0.717, 1.165) is 30.2 Å². The van der Waals surface area contributed by atoms with Crippen molar-refractivity contribution in [3.8, 4) is 0 Å². The standard InChI is InChI=1S/C13H19BrN2O2/c14-11-7-10(8-12(15)9-11)13(18)16-5-3-1-2-4-6-17/h7-9,17H,1-6,15H2,(H,16,18). The summed E-state index contributed by atoms with van der Waals surface area (Å²) in [5, 5.41) is 11.5. The Morgan fingerprint density at radius 1 is 1.22 bits per heavy atom. The number of unbranched alkanes of at least 4 members (excludes halogenated alkanes) is 3. The van der Waals surface area contributed by atoms with Gasteiger partial charge in [-0.2, -0.15) is 0 Å². The Hall–Kier alpha value is -1.07. The van der Waals surface area contributed by atoms with E-state index in [2.05, 4.69) is 21.2 Å². The van der Waals surface area contributed by atoms with E-state index in [-0.39, 0.29) is 12.5 Å². The second kappa shape index (κ2) is 8.11. The normalized spacial score (nSPS) is 10.3. The molecule has 1 aromatic carbocycles. The molecule has 0 aliphatic rings. The van der Waals surface area contributed by atoms with Crippen LogP contribution in [0.4, 0.5) is 5.69 Å². The zero-order valence-electron chi connectivity index (χ0n) is 10.3. The summed E-state index contributed by atoms with van der Waals surface area (Å²) in [5.41, 5.74) is 6.81. The van der Waals surface area contributed by atoms with Crippen molar-refractivity contribution in [2.75, 3.05) is 18.9 Å². The number of nitrogens with one attached hydrogen (secondary N) is 1. The van der Waals surface area contributed by atoms with Gasteiger partial charge in [0.25, 0.3) is 5.91 Å². The van der Waals surface area contributed by atoms with Gasteiger partial charge in [0.05, 0.1) is 0 Å². The van der Waals surface area contributed by atoms with Crippen LogP contribution in [0.25, 0.3) is 0 Å². The summed E-state index contributed by atoms with van der Waals surface area (Å²) in [5.74, 6) is -0.106. The number of carbonyl (C=O) groups excluding carboxylic acids is 1. The van der Waals surface area contributed by atoms with Crippen LogP contribution in [0.2, 0.25) is 0 Å². The highest BCUT2D eigenvalue weighted by Gasteiger charge is 2.06. The van der Waals surface area contributed by atoms with Crippen molar-refractivity contribution in [3.63, 3.8) is 0 Å². The van der Waals surface area contributed by atoms with Crippen molar-refractivity contribution in [1.29, 1.82) is 0 Å². The molecule has 5 heteroatoms. The Kier molecular flexibility index (Phi) is 6.75. The molecule has 4 nitrogen and oxygen atoms in total. The predicted molar refractivity (Wildman–Crippen MR) is 76.4 cm³/mol. The first-order valence-corrected chi connectivity index (χ1v) is 6.88. The van der Waals surface area contributed by atoms with Crippen LogP contribution in [0.5, 0.6) is 0 Å². The maximum atomic E-state index is 11.8. The molecule has 0 aliphatic heterocycles. The van der Waals surface area contributed by atoms with Gasteiger partial charge in [-0.25, -0.2) is 0 Å². The molecule has 18 heavy (non-hydrogen) atoms. The van der Waals surface area contributed by atoms with Crippen LogP contribution in [0.15, 0.2) is 22.7 Å². The Morgan fingerprint density at radius 2 is 1.94 bits per heavy atom. The summed E-state index contributed by atoms with van der Waals surface area (Å²) in [4.78, 5) is 11.8. The number of aliphatic hydroxyl groups is 1. The summed E-state index contributed by atoms with van der Waals surface area (Å²) in [6, 6.07) is 5.16. The summed E-state index contributed by atoms with van der Waals surface area (Å²) in [6.45, 7) is 0.889. The minimum Gasteiger partial charge on any atom is -0.399 e. The van der Waals surface area contributed by atoms with Gasteiger partial charge in [0.2, 0.25) is 0 Å². The number of nitrogens with two attached hydrogens (primary N) is 1. The molecule has 0 fully saturated rings. The number of aliphatic hydroxyl groups excluding tert-OH is 1. The van der Waals surface area contributed by atoms with Crippen LogP contribution < -0.4 is 11.1 Å². The quantitative estimate of drug-likeness (QED) is 0.534. The van der Waals surface area contributed by atoms with Crippen LogP contribution in [0, 0.1) is 0 Å². The van der Waals surface area contributed by atoms with Crippen molar-refractivity contribution in [2.24, 2.45) is 0 Å². The van der Waals surface area contributed by atoms with E-state index in [1.807, 2.05) is 0 Å². The maximum absolute atomic E-state index is 11.8. The Labute approximate surface area is 116 Å². The minimum absolute atomic E-state index is 0.106. The molecule has 1 amide bonds. The average Bonchev–Trinajstić information content (AvgIpc) is 2.32. The molecule has 0 saturated heterocycles. The molecule has 1 rings (SSSR count). The monoisotopic (exact) mass is 314 g/mol. The first-order valence-electron chi connectivity index (χ1n) is 6.08. The van der Waals surface area contributed by atoms with Gasteiger partial charge in [0.15, 0.2) is 0 Å². The Balaban J connectivity index is 2.32. The highest BCUT2D eigenvalue weighted by molar-refractivity contribution is 9.10. The average molecular weight is 315 g/mol. The second-order valence-corrected chi connectivity index (χ2v) is 5.08. The van der Waals surface area contributed by atoms with Crippen LogP contribution >= 0.6 is 15.9 Å². The number of halogens is 1. The molecular formula is C13H19BrN2O2. The molecule has 0 heterocycles. The molecule has 0 spiro atoms. The fourth-order valence-electron chi connectivity index (χ4n) is 1.64. The molecule has 0 atom stereocenters. The van der Waals surface area contributed by atoms with Gasteiger partial charge >= 0.3 is 0 Å². The third-order valence-corrected chi connectivity index (χ3v) is 3.01. The van der Waals surface area contributed by atoms with Crippen molar-refractivity contribution in [3.05, 3.63) is 28.2 Å². The molecule has 0 aliphatic carbocycles. The molecule has 0 radical (unpaired) electrons. The summed E-state index contributed by atoms with van der Waals surface area (Å²) >= 11 is 3.31. The smallest absolute Gasteiger partial charge is 0.251 e. The lowest BCUT2D eigenvalue weighted by Crippen LogP contribution is -2.24. The summed E-state index contributed by atoms with van der Waals surface area (Å²) in [6.07, 6.45) is 3.77. The third-order valence-electron chi connectivity index (χ3n) is 2.55. The summed E-state index contributed by atoms with van der Waals surface area (Å²) in [7, 11) is 0. The number of hydrogen-bond donors (Lipinski definition) is 3. The third kappa shape index (κ3) is 5.51. The Bertz CT molecular complexity index is 376. The number of nitrogen functional groups attached to an aromatic ring is 1. The molecule has 100 valence electrons. The first-order chi connectivity index (χ1) is 8.63. The largest absolute Gasteiger partial charge is 0.399 e. The molecule has 0 unspecified atom stereocenters. The number of anilines is 1. The van der Waals surface area contributed by atoms with Crippen LogP contribution in [-0.4, -0.2) is 24.2 Å². The van der Waals surface area contributed by atoms with Crippen molar-refractivity contribution < 1.29 is 9.90 Å². The van der Waals surface area contributed by atoms with Gasteiger partial charge in [0.1, 0.15) is 0 Å². The van der Waals surface area contributed by atoms with Crippen LogP contribution in [0.1, 0.15) is 36.0 Å². The predicted octanol–water partition coefficient (Wildman–Crippen LogP) is 2.31. The number of rotatable bonds is 7. The van der Waals surface area contributed by atoms with Crippen molar-refractivity contribution in [1.82, 2.24) is 5.32 Å². The molecular weight excluding hydrogens is 296 g/mol. The number of amides is 1. The van der Waals surface area contributed by atoms with E-state index in [1.165, 1.54) is 0 Å². The highest BCUT2D eigenvalue weighted by Crippen LogP contribution is 2.17. The van der Waals surface area contributed by atoms with Gasteiger partial charge in [-0.15, -0.1) is 0 Å². The fraction of sp³-hybridized carbons (Fsp3) is 0.462. The van der Waals surface area contributed by atoms with Gasteiger partial charge in [0, 0.05) is 28.9 Å². The number of benzene rings is 1. The minimum atomic E-state index is -0.106. The van der Waals surface area contributed by atoms with E-state index in [9.17, 15) is 4.79 Å². The van der Waals surface area contributed by atoms with Gasteiger partial charge in [-0.3, -0.25) is 4.79 Å². The highest BCUT2D eigenvalue weighted by atomic mass is 79.9. The second-order valence-electron chi connectivity index (χ2n) is 4.17. The zero-order chi connectivity index (χ0) is 13.4. The lowest BCUT2D eigenvalue weighted by molar-refractivity contribution is 0.0953. The van der Waals surface area contributed by atoms with E-state index in [0.29, 0.717) is 17.8 Å². The first kappa shape index (κ1) is 15.0. The van der Waals surface area contributed by atoms with E-state index in [4.69, 9.17) is 10.8 Å². The van der Waals surface area contributed by atoms with Crippen LogP contribution in [-0.2, 0) is 0 Å². The van der Waals surface area contributed by atoms with Crippen molar-refractivity contribution in [2.45, 2.75) is 25.7 Å². The topological polar surface area (TPSA) is 75.4 Å². The van der Waals surface area contributed by atoms with Gasteiger partial charge in [-0.05, 0) is 31.0 Å². The van der Waals surface area contributed by atoms with Crippen molar-refractivity contribution >= 4 is 27.5 Å². The number of carbonyl (C=O) groups is 1. The van der Waals surface area contributed by atoms with E-state index >= 15 is 0 Å². The fourth-order valence-corrected chi connectivity index (χ4v) is 2.15. The van der Waals surface area contributed by atoms with Gasteiger partial charge < -0.3 is 16.2 Å². The molecule has 0 saturated carbocycles. The van der Waals surface area contributed by atoms with Gasteiger partial charge in [-0.1, -0.05) is 28.8 Å². The molecule has 1 aromatic rings. The zero-order valence-corrected chi connectivity index (χ0v) is 11.9. The van der Waals surface area contributed by atoms with E-state index in [1.54, 1.807) is 18.2 Å².